The predicted molar refractivity (Wildman–Crippen MR) is 56.2 cm³/mol. The Kier molecular flexibility index (Phi) is 2.35. The largest absolute Gasteiger partial charge is 0.481 e. The molecule has 1 atom stereocenters. The van der Waals surface area contributed by atoms with Crippen molar-refractivity contribution >= 4 is 29.3 Å². The third-order valence-electron chi connectivity index (χ3n) is 2.67. The lowest BCUT2D eigenvalue weighted by Crippen LogP contribution is -2.55. The van der Waals surface area contributed by atoms with E-state index in [1.54, 1.807) is 29.8 Å². The second-order valence-electron chi connectivity index (χ2n) is 3.90. The number of anilines is 1. The number of nitrogens with zero attached hydrogens (tertiary/aromatic N) is 1. The van der Waals surface area contributed by atoms with E-state index in [-0.39, 0.29) is 12.3 Å². The van der Waals surface area contributed by atoms with E-state index in [4.69, 9.17) is 16.7 Å². The molecule has 2 heterocycles. The Bertz CT molecular complexity index is 489. The number of aromatic nitrogens is 1. The number of aliphatic carboxylic acids is 1. The zero-order chi connectivity index (χ0) is 11.9. The van der Waals surface area contributed by atoms with Crippen LogP contribution in [0.4, 0.5) is 5.82 Å². The SMILES string of the molecule is CC1(CC(=O)O)C(=O)Nc2ccc(Cl)c[n+]21. The van der Waals surface area contributed by atoms with Crippen LogP contribution in [0.2, 0.25) is 5.02 Å². The summed E-state index contributed by atoms with van der Waals surface area (Å²) >= 11 is 5.83. The van der Waals surface area contributed by atoms with E-state index < -0.39 is 11.5 Å². The Morgan fingerprint density at radius 1 is 1.62 bits per heavy atom. The molecule has 1 aromatic rings. The summed E-state index contributed by atoms with van der Waals surface area (Å²) < 4.78 is 1.56. The summed E-state index contributed by atoms with van der Waals surface area (Å²) in [6.45, 7) is 1.57. The molecule has 0 bridgehead atoms. The first kappa shape index (κ1) is 10.9. The highest BCUT2D eigenvalue weighted by molar-refractivity contribution is 6.30. The summed E-state index contributed by atoms with van der Waals surface area (Å²) in [5.74, 6) is -0.812. The average Bonchev–Trinajstić information content (AvgIpc) is 2.40. The van der Waals surface area contributed by atoms with Crippen LogP contribution in [-0.2, 0) is 15.1 Å². The van der Waals surface area contributed by atoms with Gasteiger partial charge in [-0.05, 0) is 13.0 Å². The van der Waals surface area contributed by atoms with Crippen LogP contribution < -0.4 is 9.88 Å². The Morgan fingerprint density at radius 2 is 2.31 bits per heavy atom. The van der Waals surface area contributed by atoms with Crippen molar-refractivity contribution in [1.82, 2.24) is 0 Å². The van der Waals surface area contributed by atoms with Crippen molar-refractivity contribution in [1.29, 1.82) is 0 Å². The van der Waals surface area contributed by atoms with E-state index in [2.05, 4.69) is 5.32 Å². The maximum atomic E-state index is 11.8. The molecule has 1 aromatic heterocycles. The highest BCUT2D eigenvalue weighted by Gasteiger charge is 2.51. The number of carboxylic acids is 1. The highest BCUT2D eigenvalue weighted by Crippen LogP contribution is 2.25. The molecule has 0 saturated carbocycles. The van der Waals surface area contributed by atoms with Gasteiger partial charge in [0.1, 0.15) is 12.6 Å². The van der Waals surface area contributed by atoms with Crippen molar-refractivity contribution in [2.75, 3.05) is 5.32 Å². The van der Waals surface area contributed by atoms with Crippen molar-refractivity contribution in [3.05, 3.63) is 23.4 Å². The Labute approximate surface area is 96.7 Å². The van der Waals surface area contributed by atoms with Gasteiger partial charge in [0.2, 0.25) is 5.54 Å². The minimum absolute atomic E-state index is 0.281. The van der Waals surface area contributed by atoms with Crippen molar-refractivity contribution in [3.8, 4) is 0 Å². The maximum Gasteiger partial charge on any atom is 0.356 e. The number of hydrogen-bond acceptors (Lipinski definition) is 2. The minimum Gasteiger partial charge on any atom is -0.481 e. The van der Waals surface area contributed by atoms with Gasteiger partial charge in [-0.25, -0.2) is 14.7 Å². The Morgan fingerprint density at radius 3 is 2.94 bits per heavy atom. The van der Waals surface area contributed by atoms with Gasteiger partial charge in [0.25, 0.3) is 5.82 Å². The molecule has 1 amide bonds. The fraction of sp³-hybridized carbons (Fsp3) is 0.300. The molecular formula is C10H10ClN2O3+. The van der Waals surface area contributed by atoms with Gasteiger partial charge in [-0.2, -0.15) is 0 Å². The van der Waals surface area contributed by atoms with Crippen LogP contribution in [0.25, 0.3) is 0 Å². The van der Waals surface area contributed by atoms with Crippen LogP contribution in [0.5, 0.6) is 0 Å². The molecule has 2 N–H and O–H groups in total. The van der Waals surface area contributed by atoms with Crippen LogP contribution in [0.3, 0.4) is 0 Å². The first-order valence-corrected chi connectivity index (χ1v) is 5.06. The van der Waals surface area contributed by atoms with E-state index in [1.807, 2.05) is 0 Å². The molecule has 5 nitrogen and oxygen atoms in total. The van der Waals surface area contributed by atoms with Crippen LogP contribution in [-0.4, -0.2) is 17.0 Å². The first-order chi connectivity index (χ1) is 7.43. The lowest BCUT2D eigenvalue weighted by Gasteiger charge is -2.15. The summed E-state index contributed by atoms with van der Waals surface area (Å²) in [6, 6.07) is 3.29. The number of fused-ring (bicyclic) bond motifs is 1. The van der Waals surface area contributed by atoms with E-state index in [0.717, 1.165) is 0 Å². The lowest BCUT2D eigenvalue weighted by molar-refractivity contribution is -0.724. The second-order valence-corrected chi connectivity index (χ2v) is 4.34. The van der Waals surface area contributed by atoms with E-state index >= 15 is 0 Å². The molecular weight excluding hydrogens is 232 g/mol. The van der Waals surface area contributed by atoms with Gasteiger partial charge >= 0.3 is 11.9 Å². The number of amides is 1. The van der Waals surface area contributed by atoms with Crippen LogP contribution in [0.15, 0.2) is 18.3 Å². The summed E-state index contributed by atoms with van der Waals surface area (Å²) in [5.41, 5.74) is -1.12. The molecule has 1 aliphatic rings. The fourth-order valence-corrected chi connectivity index (χ4v) is 1.97. The van der Waals surface area contributed by atoms with Gasteiger partial charge < -0.3 is 5.11 Å². The monoisotopic (exact) mass is 241 g/mol. The molecule has 1 aliphatic heterocycles. The number of hydrogen-bond donors (Lipinski definition) is 2. The Balaban J connectivity index is 2.53. The summed E-state index contributed by atoms with van der Waals surface area (Å²) in [6.07, 6.45) is 1.27. The third-order valence-corrected chi connectivity index (χ3v) is 2.89. The standard InChI is InChI=1S/C10H9ClN2O3/c1-10(4-8(14)15)9(16)12-7-3-2-6(11)5-13(7)10/h2-3,5H,4H2,1H3,(H,14,15)/p+1. The van der Waals surface area contributed by atoms with Gasteiger partial charge in [-0.1, -0.05) is 11.6 Å². The number of rotatable bonds is 2. The number of nitrogens with one attached hydrogen (secondary N) is 1. The highest BCUT2D eigenvalue weighted by atomic mass is 35.5. The molecule has 0 saturated heterocycles. The molecule has 0 spiro atoms. The van der Waals surface area contributed by atoms with E-state index in [9.17, 15) is 9.59 Å². The smallest absolute Gasteiger partial charge is 0.356 e. The molecule has 0 aliphatic carbocycles. The molecule has 1 unspecified atom stereocenters. The molecule has 6 heteroatoms. The number of carbonyl (C=O) groups is 2. The molecule has 0 fully saturated rings. The van der Waals surface area contributed by atoms with Crippen molar-refractivity contribution < 1.29 is 19.3 Å². The van der Waals surface area contributed by atoms with Gasteiger partial charge in [0.15, 0.2) is 0 Å². The summed E-state index contributed by atoms with van der Waals surface area (Å²) in [4.78, 5) is 22.5. The minimum atomic E-state index is -1.12. The van der Waals surface area contributed by atoms with Gasteiger partial charge in [0.05, 0.1) is 5.02 Å². The fourth-order valence-electron chi connectivity index (χ4n) is 1.81. The maximum absolute atomic E-state index is 11.8. The quantitative estimate of drug-likeness (QED) is 0.752. The Hall–Kier alpha value is -1.62. The third kappa shape index (κ3) is 1.53. The van der Waals surface area contributed by atoms with Gasteiger partial charge in [0, 0.05) is 6.07 Å². The topological polar surface area (TPSA) is 70.3 Å². The average molecular weight is 242 g/mol. The molecule has 0 aromatic carbocycles. The summed E-state index contributed by atoms with van der Waals surface area (Å²) in [5, 5.41) is 11.9. The summed E-state index contributed by atoms with van der Waals surface area (Å²) in [7, 11) is 0. The normalized spacial score (nSPS) is 22.8. The number of halogens is 1. The van der Waals surface area contributed by atoms with Gasteiger partial charge in [-0.15, -0.1) is 0 Å². The van der Waals surface area contributed by atoms with Gasteiger partial charge in [-0.3, -0.25) is 4.79 Å². The zero-order valence-electron chi connectivity index (χ0n) is 8.53. The molecule has 2 rings (SSSR count). The molecule has 16 heavy (non-hydrogen) atoms. The molecule has 84 valence electrons. The number of carboxylic acid groups (broad SMARTS) is 1. The molecule has 0 radical (unpaired) electrons. The van der Waals surface area contributed by atoms with Crippen LogP contribution in [0, 0.1) is 0 Å². The van der Waals surface area contributed by atoms with Crippen LogP contribution in [0.1, 0.15) is 13.3 Å². The zero-order valence-corrected chi connectivity index (χ0v) is 9.28. The predicted octanol–water partition coefficient (Wildman–Crippen LogP) is 0.769. The van der Waals surface area contributed by atoms with E-state index in [0.29, 0.717) is 10.8 Å². The second kappa shape index (κ2) is 3.45. The lowest BCUT2D eigenvalue weighted by atomic mass is 9.98. The number of pyridine rings is 1. The van der Waals surface area contributed by atoms with Crippen molar-refractivity contribution in [3.63, 3.8) is 0 Å². The van der Waals surface area contributed by atoms with Crippen molar-refractivity contribution in [2.45, 2.75) is 18.9 Å². The van der Waals surface area contributed by atoms with E-state index in [1.165, 1.54) is 0 Å². The number of carbonyl (C=O) groups excluding carboxylic acids is 1. The van der Waals surface area contributed by atoms with Crippen LogP contribution >= 0.6 is 11.6 Å². The van der Waals surface area contributed by atoms with Crippen molar-refractivity contribution in [2.24, 2.45) is 0 Å². The first-order valence-electron chi connectivity index (χ1n) is 4.68.